The summed E-state index contributed by atoms with van der Waals surface area (Å²) in [7, 11) is 1.85. The first kappa shape index (κ1) is 15.4. The van der Waals surface area contributed by atoms with Gasteiger partial charge in [-0.05, 0) is 64.5 Å². The molecule has 0 amide bonds. The van der Waals surface area contributed by atoms with Gasteiger partial charge < -0.3 is 5.32 Å². The molecule has 1 saturated heterocycles. The molecule has 0 bridgehead atoms. The van der Waals surface area contributed by atoms with E-state index >= 15 is 0 Å². The first-order valence-corrected chi connectivity index (χ1v) is 7.33. The zero-order valence-electron chi connectivity index (χ0n) is 12.5. The van der Waals surface area contributed by atoms with Gasteiger partial charge in [0.25, 0.3) is 0 Å². The number of nitrogens with zero attached hydrogens (tertiary/aromatic N) is 1. The summed E-state index contributed by atoms with van der Waals surface area (Å²) in [5.74, 6) is -1.04. The van der Waals surface area contributed by atoms with E-state index in [2.05, 4.69) is 24.1 Å². The fourth-order valence-electron chi connectivity index (χ4n) is 3.32. The van der Waals surface area contributed by atoms with Crippen molar-refractivity contribution in [1.82, 2.24) is 10.2 Å². The van der Waals surface area contributed by atoms with Crippen LogP contribution in [0.15, 0.2) is 18.2 Å². The summed E-state index contributed by atoms with van der Waals surface area (Å²) in [6.45, 7) is 6.37. The number of hydrogen-bond donors (Lipinski definition) is 1. The average molecular weight is 282 g/mol. The van der Waals surface area contributed by atoms with Crippen LogP contribution in [0.25, 0.3) is 0 Å². The van der Waals surface area contributed by atoms with Crippen molar-refractivity contribution in [3.63, 3.8) is 0 Å². The number of likely N-dealkylation sites (tertiary alicyclic amines) is 1. The summed E-state index contributed by atoms with van der Waals surface area (Å²) >= 11 is 0. The Morgan fingerprint density at radius 2 is 1.60 bits per heavy atom. The van der Waals surface area contributed by atoms with E-state index in [9.17, 15) is 8.78 Å². The summed E-state index contributed by atoms with van der Waals surface area (Å²) in [5, 5.41) is 3.24. The molecule has 0 spiro atoms. The highest BCUT2D eigenvalue weighted by Crippen LogP contribution is 2.33. The average Bonchev–Trinajstić information content (AvgIpc) is 2.39. The van der Waals surface area contributed by atoms with E-state index in [0.29, 0.717) is 5.56 Å². The van der Waals surface area contributed by atoms with Crippen LogP contribution in [0.5, 0.6) is 0 Å². The van der Waals surface area contributed by atoms with Gasteiger partial charge in [-0.1, -0.05) is 6.42 Å². The van der Waals surface area contributed by atoms with Crippen molar-refractivity contribution in [1.29, 1.82) is 0 Å². The molecule has 1 aromatic carbocycles. The van der Waals surface area contributed by atoms with Crippen LogP contribution in [0.2, 0.25) is 0 Å². The van der Waals surface area contributed by atoms with Crippen molar-refractivity contribution in [2.45, 2.75) is 44.7 Å². The van der Waals surface area contributed by atoms with Crippen LogP contribution < -0.4 is 5.32 Å². The van der Waals surface area contributed by atoms with Crippen LogP contribution in [0.4, 0.5) is 8.78 Å². The Bertz CT molecular complexity index is 434. The zero-order valence-corrected chi connectivity index (χ0v) is 12.5. The van der Waals surface area contributed by atoms with Crippen molar-refractivity contribution in [3.05, 3.63) is 35.4 Å². The number of halogens is 2. The van der Waals surface area contributed by atoms with Crippen molar-refractivity contribution < 1.29 is 8.78 Å². The molecule has 112 valence electrons. The Labute approximate surface area is 120 Å². The summed E-state index contributed by atoms with van der Waals surface area (Å²) in [5.41, 5.74) is 0.482. The minimum atomic E-state index is -0.519. The molecule has 1 aliphatic heterocycles. The second-order valence-electron chi connectivity index (χ2n) is 6.13. The second-order valence-corrected chi connectivity index (χ2v) is 6.13. The molecule has 1 atom stereocenters. The molecule has 1 heterocycles. The normalized spacial score (nSPS) is 19.1. The van der Waals surface area contributed by atoms with Crippen LogP contribution in [-0.2, 0) is 0 Å². The Kier molecular flexibility index (Phi) is 4.76. The van der Waals surface area contributed by atoms with Gasteiger partial charge in [-0.2, -0.15) is 0 Å². The van der Waals surface area contributed by atoms with Crippen molar-refractivity contribution >= 4 is 0 Å². The Hall–Kier alpha value is -1.00. The maximum absolute atomic E-state index is 13.5. The minimum Gasteiger partial charge on any atom is -0.311 e. The molecule has 0 aliphatic carbocycles. The van der Waals surface area contributed by atoms with Gasteiger partial charge in [0.2, 0.25) is 0 Å². The SMILES string of the molecule is CNC(c1cc(F)cc(F)c1)C(C)(C)N1CCCCC1. The van der Waals surface area contributed by atoms with E-state index in [-0.39, 0.29) is 11.6 Å². The molecule has 2 nitrogen and oxygen atoms in total. The lowest BCUT2D eigenvalue weighted by Crippen LogP contribution is -2.53. The predicted octanol–water partition coefficient (Wildman–Crippen LogP) is 3.49. The van der Waals surface area contributed by atoms with Crippen LogP contribution in [0.1, 0.15) is 44.7 Å². The number of benzene rings is 1. The molecular formula is C16H24F2N2. The van der Waals surface area contributed by atoms with E-state index in [4.69, 9.17) is 0 Å². The summed E-state index contributed by atoms with van der Waals surface area (Å²) in [4.78, 5) is 2.42. The van der Waals surface area contributed by atoms with E-state index in [0.717, 1.165) is 19.2 Å². The molecule has 1 aromatic rings. The monoisotopic (exact) mass is 282 g/mol. The molecule has 1 unspecified atom stereocenters. The molecule has 4 heteroatoms. The third-order valence-corrected chi connectivity index (χ3v) is 4.38. The third kappa shape index (κ3) is 3.18. The van der Waals surface area contributed by atoms with Gasteiger partial charge in [0, 0.05) is 11.6 Å². The van der Waals surface area contributed by atoms with E-state index in [1.165, 1.54) is 31.4 Å². The van der Waals surface area contributed by atoms with Crippen molar-refractivity contribution in [2.75, 3.05) is 20.1 Å². The van der Waals surface area contributed by atoms with Crippen LogP contribution in [0, 0.1) is 11.6 Å². The van der Waals surface area contributed by atoms with Gasteiger partial charge in [0.15, 0.2) is 0 Å². The van der Waals surface area contributed by atoms with Crippen molar-refractivity contribution in [2.24, 2.45) is 0 Å². The quantitative estimate of drug-likeness (QED) is 0.909. The Morgan fingerprint density at radius 1 is 1.05 bits per heavy atom. The number of rotatable bonds is 4. The molecule has 0 radical (unpaired) electrons. The fourth-order valence-corrected chi connectivity index (χ4v) is 3.32. The topological polar surface area (TPSA) is 15.3 Å². The lowest BCUT2D eigenvalue weighted by atomic mass is 9.85. The molecule has 20 heavy (non-hydrogen) atoms. The lowest BCUT2D eigenvalue weighted by Gasteiger charge is -2.46. The highest BCUT2D eigenvalue weighted by molar-refractivity contribution is 5.24. The molecule has 1 aliphatic rings. The van der Waals surface area contributed by atoms with Gasteiger partial charge >= 0.3 is 0 Å². The number of hydrogen-bond acceptors (Lipinski definition) is 2. The van der Waals surface area contributed by atoms with Crippen molar-refractivity contribution in [3.8, 4) is 0 Å². The number of piperidine rings is 1. The van der Waals surface area contributed by atoms with Gasteiger partial charge in [-0.15, -0.1) is 0 Å². The summed E-state index contributed by atoms with van der Waals surface area (Å²) in [6, 6.07) is 3.67. The lowest BCUT2D eigenvalue weighted by molar-refractivity contribution is 0.0631. The van der Waals surface area contributed by atoms with E-state index in [1.54, 1.807) is 0 Å². The molecular weight excluding hydrogens is 258 g/mol. The van der Waals surface area contributed by atoms with Crippen LogP contribution in [-0.4, -0.2) is 30.6 Å². The van der Waals surface area contributed by atoms with Crippen LogP contribution in [0.3, 0.4) is 0 Å². The second kappa shape index (κ2) is 6.19. The number of likely N-dealkylation sites (N-methyl/N-ethyl adjacent to an activating group) is 1. The number of nitrogens with one attached hydrogen (secondary N) is 1. The highest BCUT2D eigenvalue weighted by Gasteiger charge is 2.36. The predicted molar refractivity (Wildman–Crippen MR) is 77.7 cm³/mol. The van der Waals surface area contributed by atoms with E-state index < -0.39 is 11.6 Å². The largest absolute Gasteiger partial charge is 0.311 e. The first-order chi connectivity index (χ1) is 9.45. The summed E-state index contributed by atoms with van der Waals surface area (Å²) < 4.78 is 26.9. The van der Waals surface area contributed by atoms with Crippen LogP contribution >= 0.6 is 0 Å². The standard InChI is InChI=1S/C16H24F2N2/c1-16(2,20-7-5-4-6-8-20)15(19-3)12-9-13(17)11-14(18)10-12/h9-11,15,19H,4-8H2,1-3H3. The molecule has 2 rings (SSSR count). The minimum absolute atomic E-state index is 0.106. The Morgan fingerprint density at radius 3 is 2.10 bits per heavy atom. The zero-order chi connectivity index (χ0) is 14.8. The van der Waals surface area contributed by atoms with Gasteiger partial charge in [-0.3, -0.25) is 4.90 Å². The van der Waals surface area contributed by atoms with Gasteiger partial charge in [0.1, 0.15) is 11.6 Å². The van der Waals surface area contributed by atoms with Gasteiger partial charge in [0.05, 0.1) is 6.04 Å². The maximum Gasteiger partial charge on any atom is 0.126 e. The molecule has 1 fully saturated rings. The smallest absolute Gasteiger partial charge is 0.126 e. The first-order valence-electron chi connectivity index (χ1n) is 7.33. The van der Waals surface area contributed by atoms with Gasteiger partial charge in [-0.25, -0.2) is 8.78 Å². The molecule has 0 saturated carbocycles. The third-order valence-electron chi connectivity index (χ3n) is 4.38. The summed E-state index contributed by atoms with van der Waals surface area (Å²) in [6.07, 6.45) is 3.65. The molecule has 0 aromatic heterocycles. The molecule has 1 N–H and O–H groups in total. The fraction of sp³-hybridized carbons (Fsp3) is 0.625. The highest BCUT2D eigenvalue weighted by atomic mass is 19.1. The maximum atomic E-state index is 13.5. The van der Waals surface area contributed by atoms with E-state index in [1.807, 2.05) is 7.05 Å². The Balaban J connectivity index is 2.29.